The van der Waals surface area contributed by atoms with E-state index in [0.29, 0.717) is 47.2 Å². The van der Waals surface area contributed by atoms with E-state index in [1.807, 2.05) is 42.6 Å². The molecule has 1 aliphatic carbocycles. The molecule has 10 heteroatoms. The van der Waals surface area contributed by atoms with Crippen LogP contribution in [-0.4, -0.2) is 69.8 Å². The molecule has 0 radical (unpaired) electrons. The number of carbonyl (C=O) groups is 2. The van der Waals surface area contributed by atoms with E-state index in [9.17, 15) is 9.59 Å². The van der Waals surface area contributed by atoms with Crippen LogP contribution in [0, 0.1) is 0 Å². The number of amides is 2. The quantitative estimate of drug-likeness (QED) is 0.152. The van der Waals surface area contributed by atoms with Gasteiger partial charge in [0.2, 0.25) is 17.6 Å². The van der Waals surface area contributed by atoms with Gasteiger partial charge in [-0.1, -0.05) is 43.5 Å². The molecule has 0 saturated heterocycles. The number of methoxy groups -OCH3 is 5. The highest BCUT2D eigenvalue weighted by atomic mass is 16.5. The van der Waals surface area contributed by atoms with E-state index in [1.165, 1.54) is 7.11 Å². The van der Waals surface area contributed by atoms with Crippen LogP contribution in [0.15, 0.2) is 60.8 Å². The lowest BCUT2D eigenvalue weighted by molar-refractivity contribution is -0.141. The first-order chi connectivity index (χ1) is 23.4. The van der Waals surface area contributed by atoms with Gasteiger partial charge < -0.3 is 38.9 Å². The molecule has 1 heterocycles. The summed E-state index contributed by atoms with van der Waals surface area (Å²) in [6, 6.07) is 16.4. The molecule has 0 spiro atoms. The highest BCUT2D eigenvalue weighted by Gasteiger charge is 2.34. The Balaban J connectivity index is 1.54. The Bertz CT molecular complexity index is 1670. The summed E-state index contributed by atoms with van der Waals surface area (Å²) in [5.74, 6) is 2.08. The van der Waals surface area contributed by atoms with Crippen molar-refractivity contribution in [1.29, 1.82) is 0 Å². The molecule has 0 aliphatic heterocycles. The molecule has 1 aromatic heterocycles. The smallest absolute Gasteiger partial charge is 0.247 e. The topological polar surface area (TPSA) is 111 Å². The van der Waals surface area contributed by atoms with Gasteiger partial charge in [-0.25, -0.2) is 0 Å². The van der Waals surface area contributed by atoms with Gasteiger partial charge in [-0.05, 0) is 72.7 Å². The fourth-order valence-electron chi connectivity index (χ4n) is 6.67. The molecule has 256 valence electrons. The van der Waals surface area contributed by atoms with E-state index in [-0.39, 0.29) is 30.8 Å². The number of carbonyl (C=O) groups excluding carboxylic acids is 2. The minimum Gasteiger partial charge on any atom is -0.493 e. The van der Waals surface area contributed by atoms with Gasteiger partial charge in [-0.15, -0.1) is 0 Å². The molecular weight excluding hydrogens is 610 g/mol. The van der Waals surface area contributed by atoms with E-state index in [4.69, 9.17) is 23.7 Å². The number of hydrogen-bond acceptors (Lipinski definition) is 7. The minimum atomic E-state index is -0.948. The highest BCUT2D eigenvalue weighted by Crippen LogP contribution is 2.41. The predicted molar refractivity (Wildman–Crippen MR) is 185 cm³/mol. The standard InChI is InChI=1S/C38H47N3O7/c1-44-31-17-15-25(21-32(31)45-2)19-20-41(35(42)18-16-26-24-39-30-14-10-9-13-29(26)30)36(38(43)40-28-11-7-6-8-12-28)27-22-33(46-3)37(48-5)34(23-27)47-4/h9-10,13-15,17,21-24,28,36,39H,6-8,11-12,16,18-20H2,1-5H3,(H,40,43)/t36-/m1/s1. The van der Waals surface area contributed by atoms with Crippen LogP contribution in [0.2, 0.25) is 0 Å². The number of benzene rings is 3. The average molecular weight is 658 g/mol. The summed E-state index contributed by atoms with van der Waals surface area (Å²) in [6.45, 7) is 0.279. The third-order valence-corrected chi connectivity index (χ3v) is 9.21. The van der Waals surface area contributed by atoms with Crippen LogP contribution in [0.4, 0.5) is 0 Å². The summed E-state index contributed by atoms with van der Waals surface area (Å²) >= 11 is 0. The SMILES string of the molecule is COc1ccc(CCN(C(=O)CCc2c[nH]c3ccccc23)[C@@H](C(=O)NC2CCCCC2)c2cc(OC)c(OC)c(OC)c2)cc1OC. The molecule has 1 atom stereocenters. The zero-order valence-electron chi connectivity index (χ0n) is 28.6. The van der Waals surface area contributed by atoms with Crippen LogP contribution >= 0.6 is 0 Å². The maximum atomic E-state index is 14.5. The van der Waals surface area contributed by atoms with Crippen LogP contribution in [0.3, 0.4) is 0 Å². The average Bonchev–Trinajstić information content (AvgIpc) is 3.54. The molecule has 2 amide bonds. The van der Waals surface area contributed by atoms with Gasteiger partial charge in [0.25, 0.3) is 0 Å². The normalized spacial score (nSPS) is 13.9. The molecule has 10 nitrogen and oxygen atoms in total. The van der Waals surface area contributed by atoms with Gasteiger partial charge >= 0.3 is 0 Å². The number of para-hydroxylation sites is 1. The van der Waals surface area contributed by atoms with E-state index >= 15 is 0 Å². The molecule has 3 aromatic carbocycles. The Hall–Kier alpha value is -4.86. The fourth-order valence-corrected chi connectivity index (χ4v) is 6.67. The number of rotatable bonds is 15. The molecule has 5 rings (SSSR count). The van der Waals surface area contributed by atoms with Crippen molar-refractivity contribution < 1.29 is 33.3 Å². The van der Waals surface area contributed by atoms with Crippen molar-refractivity contribution in [3.05, 3.63) is 77.5 Å². The van der Waals surface area contributed by atoms with Crippen molar-refractivity contribution in [2.24, 2.45) is 0 Å². The summed E-state index contributed by atoms with van der Waals surface area (Å²) in [4.78, 5) is 33.9. The minimum absolute atomic E-state index is 0.0461. The molecule has 1 aliphatic rings. The van der Waals surface area contributed by atoms with Crippen LogP contribution in [-0.2, 0) is 22.4 Å². The van der Waals surface area contributed by atoms with Crippen molar-refractivity contribution in [3.63, 3.8) is 0 Å². The first-order valence-electron chi connectivity index (χ1n) is 16.6. The second-order valence-corrected chi connectivity index (χ2v) is 12.1. The third-order valence-electron chi connectivity index (χ3n) is 9.21. The van der Waals surface area contributed by atoms with Crippen molar-refractivity contribution in [2.45, 2.75) is 63.5 Å². The Labute approximate surface area is 282 Å². The molecule has 1 fully saturated rings. The number of ether oxygens (including phenoxy) is 5. The van der Waals surface area contributed by atoms with Gasteiger partial charge in [-0.2, -0.15) is 0 Å². The van der Waals surface area contributed by atoms with E-state index in [1.54, 1.807) is 45.5 Å². The van der Waals surface area contributed by atoms with Gasteiger partial charge in [0.1, 0.15) is 6.04 Å². The number of aromatic nitrogens is 1. The Morgan fingerprint density at radius 3 is 2.17 bits per heavy atom. The molecule has 4 aromatic rings. The first-order valence-corrected chi connectivity index (χ1v) is 16.6. The molecule has 1 saturated carbocycles. The number of nitrogens with zero attached hydrogens (tertiary/aromatic N) is 1. The zero-order valence-corrected chi connectivity index (χ0v) is 28.6. The van der Waals surface area contributed by atoms with Crippen LogP contribution in [0.25, 0.3) is 10.9 Å². The van der Waals surface area contributed by atoms with Crippen LogP contribution in [0.5, 0.6) is 28.7 Å². The zero-order chi connectivity index (χ0) is 34.0. The second kappa shape index (κ2) is 16.3. The second-order valence-electron chi connectivity index (χ2n) is 12.1. The summed E-state index contributed by atoms with van der Waals surface area (Å²) in [5, 5.41) is 4.38. The summed E-state index contributed by atoms with van der Waals surface area (Å²) < 4.78 is 27.9. The van der Waals surface area contributed by atoms with Crippen molar-refractivity contribution >= 4 is 22.7 Å². The van der Waals surface area contributed by atoms with Gasteiger partial charge in [0.05, 0.1) is 35.5 Å². The fraction of sp³-hybridized carbons (Fsp3) is 0.421. The predicted octanol–water partition coefficient (Wildman–Crippen LogP) is 6.41. The number of aromatic amines is 1. The molecule has 48 heavy (non-hydrogen) atoms. The Morgan fingerprint density at radius 1 is 0.812 bits per heavy atom. The van der Waals surface area contributed by atoms with E-state index < -0.39 is 6.04 Å². The lowest BCUT2D eigenvalue weighted by atomic mass is 9.94. The molecule has 0 bridgehead atoms. The summed E-state index contributed by atoms with van der Waals surface area (Å²) in [5.41, 5.74) is 3.59. The summed E-state index contributed by atoms with van der Waals surface area (Å²) in [6.07, 6.45) is 8.27. The van der Waals surface area contributed by atoms with E-state index in [0.717, 1.165) is 54.1 Å². The first kappa shape index (κ1) is 34.5. The maximum absolute atomic E-state index is 14.5. The highest BCUT2D eigenvalue weighted by molar-refractivity contribution is 5.90. The summed E-state index contributed by atoms with van der Waals surface area (Å²) in [7, 11) is 7.81. The van der Waals surface area contributed by atoms with Gasteiger partial charge in [0, 0.05) is 36.1 Å². The molecule has 0 unspecified atom stereocenters. The van der Waals surface area contributed by atoms with Gasteiger partial charge in [0.15, 0.2) is 23.0 Å². The number of H-pyrrole nitrogens is 1. The monoisotopic (exact) mass is 657 g/mol. The van der Waals surface area contributed by atoms with E-state index in [2.05, 4.69) is 16.4 Å². The van der Waals surface area contributed by atoms with Crippen molar-refractivity contribution in [2.75, 3.05) is 42.1 Å². The third kappa shape index (κ3) is 7.81. The Kier molecular flexibility index (Phi) is 11.7. The van der Waals surface area contributed by atoms with Crippen molar-refractivity contribution in [3.8, 4) is 28.7 Å². The number of fused-ring (bicyclic) bond motifs is 1. The lowest BCUT2D eigenvalue weighted by Gasteiger charge is -2.34. The Morgan fingerprint density at radius 2 is 1.50 bits per heavy atom. The largest absolute Gasteiger partial charge is 0.493 e. The molecular formula is C38H47N3O7. The lowest BCUT2D eigenvalue weighted by Crippen LogP contribution is -2.47. The number of nitrogens with one attached hydrogen (secondary N) is 2. The number of aryl methyl sites for hydroxylation is 1. The van der Waals surface area contributed by atoms with Crippen molar-refractivity contribution in [1.82, 2.24) is 15.2 Å². The molecule has 2 N–H and O–H groups in total. The van der Waals surface area contributed by atoms with Crippen LogP contribution in [0.1, 0.15) is 61.3 Å². The van der Waals surface area contributed by atoms with Gasteiger partial charge in [-0.3, -0.25) is 9.59 Å². The van der Waals surface area contributed by atoms with Crippen LogP contribution < -0.4 is 29.0 Å². The number of hydrogen-bond donors (Lipinski definition) is 2. The maximum Gasteiger partial charge on any atom is 0.247 e.